The molecule has 0 unspecified atom stereocenters. The van der Waals surface area contributed by atoms with E-state index in [1.165, 1.54) is 29.7 Å². The number of hydrogen-bond acceptors (Lipinski definition) is 6. The summed E-state index contributed by atoms with van der Waals surface area (Å²) in [5, 5.41) is 20.2. The minimum Gasteiger partial charge on any atom is -0.305 e. The van der Waals surface area contributed by atoms with Crippen LogP contribution in [0.25, 0.3) is 11.4 Å². The van der Waals surface area contributed by atoms with Crippen molar-refractivity contribution in [1.29, 1.82) is 0 Å². The van der Waals surface area contributed by atoms with Gasteiger partial charge >= 0.3 is 5.69 Å². The fourth-order valence-corrected chi connectivity index (χ4v) is 3.33. The third kappa shape index (κ3) is 3.60. The van der Waals surface area contributed by atoms with Crippen molar-refractivity contribution in [2.75, 3.05) is 0 Å². The molecule has 0 bridgehead atoms. The second-order valence-corrected chi connectivity index (χ2v) is 7.90. The zero-order chi connectivity index (χ0) is 18.9. The molecule has 134 valence electrons. The van der Waals surface area contributed by atoms with Crippen molar-refractivity contribution < 1.29 is 4.92 Å². The molecule has 3 rings (SSSR count). The van der Waals surface area contributed by atoms with Crippen molar-refractivity contribution in [2.24, 2.45) is 7.05 Å². The Kier molecular flexibility index (Phi) is 4.78. The van der Waals surface area contributed by atoms with Crippen molar-refractivity contribution in [3.8, 4) is 11.4 Å². The predicted molar refractivity (Wildman–Crippen MR) is 100 cm³/mol. The maximum absolute atomic E-state index is 11.1. The number of nitro groups is 1. The molecule has 0 aliphatic rings. The molecular formula is C18H19N5O2S. The molecule has 0 amide bonds. The van der Waals surface area contributed by atoms with Crippen LogP contribution in [0.4, 0.5) is 5.69 Å². The summed E-state index contributed by atoms with van der Waals surface area (Å²) in [7, 11) is 1.85. The van der Waals surface area contributed by atoms with E-state index in [0.717, 1.165) is 5.56 Å². The van der Waals surface area contributed by atoms with Crippen LogP contribution in [0.1, 0.15) is 26.3 Å². The largest absolute Gasteiger partial charge is 0.305 e. The third-order valence-electron chi connectivity index (χ3n) is 4.00. The molecule has 0 N–H and O–H groups in total. The Labute approximate surface area is 155 Å². The first-order valence-electron chi connectivity index (χ1n) is 8.04. The Balaban J connectivity index is 1.91. The van der Waals surface area contributed by atoms with Crippen LogP contribution in [-0.4, -0.2) is 24.7 Å². The molecule has 3 aromatic rings. The van der Waals surface area contributed by atoms with Crippen LogP contribution in [0.5, 0.6) is 0 Å². The van der Waals surface area contributed by atoms with Crippen molar-refractivity contribution in [3.05, 3.63) is 58.4 Å². The van der Waals surface area contributed by atoms with E-state index >= 15 is 0 Å². The Bertz CT molecular complexity index is 945. The Morgan fingerprint density at radius 1 is 1.12 bits per heavy atom. The zero-order valence-corrected chi connectivity index (χ0v) is 15.8. The lowest BCUT2D eigenvalue weighted by molar-refractivity contribution is -0.388. The van der Waals surface area contributed by atoms with Crippen LogP contribution in [0.3, 0.4) is 0 Å². The molecule has 0 aliphatic heterocycles. The van der Waals surface area contributed by atoms with Crippen LogP contribution >= 0.6 is 11.8 Å². The predicted octanol–water partition coefficient (Wildman–Crippen LogP) is 4.23. The van der Waals surface area contributed by atoms with Crippen LogP contribution in [0.2, 0.25) is 0 Å². The maximum Gasteiger partial charge on any atom is 0.301 e. The van der Waals surface area contributed by atoms with Crippen LogP contribution in [0, 0.1) is 10.1 Å². The molecule has 0 aliphatic carbocycles. The van der Waals surface area contributed by atoms with Crippen molar-refractivity contribution in [3.63, 3.8) is 0 Å². The normalized spacial score (nSPS) is 11.5. The number of aromatic nitrogens is 4. The molecule has 0 fully saturated rings. The highest BCUT2D eigenvalue weighted by molar-refractivity contribution is 7.99. The molecule has 26 heavy (non-hydrogen) atoms. The van der Waals surface area contributed by atoms with E-state index in [1.54, 1.807) is 6.07 Å². The standard InChI is InChI=1S/C18H19N5O2S/c1-18(2,3)13-7-5-12(6-8-13)16-20-21-17(22(16)4)26-15-9-10-19-11-14(15)23(24)25/h5-11H,1-4H3. The average molecular weight is 369 g/mol. The maximum atomic E-state index is 11.1. The summed E-state index contributed by atoms with van der Waals surface area (Å²) in [6.45, 7) is 6.50. The monoisotopic (exact) mass is 369 g/mol. The van der Waals surface area contributed by atoms with Crippen molar-refractivity contribution in [2.45, 2.75) is 36.2 Å². The van der Waals surface area contributed by atoms with E-state index < -0.39 is 4.92 Å². The van der Waals surface area contributed by atoms with Crippen molar-refractivity contribution in [1.82, 2.24) is 19.7 Å². The number of nitrogens with zero attached hydrogens (tertiary/aromatic N) is 5. The summed E-state index contributed by atoms with van der Waals surface area (Å²) >= 11 is 1.20. The number of rotatable bonds is 4. The molecule has 8 heteroatoms. The van der Waals surface area contributed by atoms with Gasteiger partial charge in [-0.3, -0.25) is 15.1 Å². The SMILES string of the molecule is Cn1c(Sc2ccncc2[N+](=O)[O-])nnc1-c1ccc(C(C)(C)C)cc1. The van der Waals surface area contributed by atoms with E-state index in [4.69, 9.17) is 0 Å². The minimum atomic E-state index is -0.447. The van der Waals surface area contributed by atoms with E-state index in [0.29, 0.717) is 15.9 Å². The summed E-state index contributed by atoms with van der Waals surface area (Å²) in [6.07, 6.45) is 2.77. The van der Waals surface area contributed by atoms with Gasteiger partial charge < -0.3 is 4.57 Å². The zero-order valence-electron chi connectivity index (χ0n) is 15.0. The number of pyridine rings is 1. The van der Waals surface area contributed by atoms with Gasteiger partial charge in [-0.2, -0.15) is 0 Å². The fraction of sp³-hybridized carbons (Fsp3) is 0.278. The molecule has 2 heterocycles. The molecule has 0 saturated carbocycles. The average Bonchev–Trinajstić information content (AvgIpc) is 2.95. The lowest BCUT2D eigenvalue weighted by Gasteiger charge is -2.19. The van der Waals surface area contributed by atoms with E-state index in [1.807, 2.05) is 23.7 Å². The first-order valence-corrected chi connectivity index (χ1v) is 8.85. The lowest BCUT2D eigenvalue weighted by Crippen LogP contribution is -2.10. The van der Waals surface area contributed by atoms with Crippen molar-refractivity contribution >= 4 is 17.4 Å². The van der Waals surface area contributed by atoms with Gasteiger partial charge in [0.25, 0.3) is 0 Å². The molecule has 2 aromatic heterocycles. The number of benzene rings is 1. The van der Waals surface area contributed by atoms with E-state index in [9.17, 15) is 10.1 Å². The molecule has 0 atom stereocenters. The highest BCUT2D eigenvalue weighted by Gasteiger charge is 2.19. The third-order valence-corrected chi connectivity index (χ3v) is 5.11. The van der Waals surface area contributed by atoms with Gasteiger partial charge in [-0.1, -0.05) is 45.0 Å². The Morgan fingerprint density at radius 3 is 2.42 bits per heavy atom. The van der Waals surface area contributed by atoms with Gasteiger partial charge in [0.05, 0.1) is 9.82 Å². The fourth-order valence-electron chi connectivity index (χ4n) is 2.47. The smallest absolute Gasteiger partial charge is 0.301 e. The van der Waals surface area contributed by atoms with Gasteiger partial charge in [0, 0.05) is 18.8 Å². The Morgan fingerprint density at radius 2 is 1.81 bits per heavy atom. The topological polar surface area (TPSA) is 86.7 Å². The van der Waals surface area contributed by atoms with Crippen LogP contribution in [0.15, 0.2) is 52.8 Å². The van der Waals surface area contributed by atoms with Crippen LogP contribution in [-0.2, 0) is 12.5 Å². The molecule has 0 saturated heterocycles. The first-order chi connectivity index (χ1) is 12.3. The molecule has 0 radical (unpaired) electrons. The van der Waals surface area contributed by atoms with Gasteiger partial charge in [-0.05, 0) is 28.8 Å². The van der Waals surface area contributed by atoms with Gasteiger partial charge in [-0.15, -0.1) is 10.2 Å². The Hall–Kier alpha value is -2.74. The quantitative estimate of drug-likeness (QED) is 0.505. The second kappa shape index (κ2) is 6.87. The lowest BCUT2D eigenvalue weighted by atomic mass is 9.87. The van der Waals surface area contributed by atoms with Gasteiger partial charge in [0.2, 0.25) is 0 Å². The summed E-state index contributed by atoms with van der Waals surface area (Å²) in [5.41, 5.74) is 2.23. The van der Waals surface area contributed by atoms with E-state index in [-0.39, 0.29) is 11.1 Å². The van der Waals surface area contributed by atoms with Gasteiger partial charge in [0.15, 0.2) is 11.0 Å². The van der Waals surface area contributed by atoms with Gasteiger partial charge in [0.1, 0.15) is 6.20 Å². The summed E-state index contributed by atoms with van der Waals surface area (Å²) in [6, 6.07) is 9.83. The summed E-state index contributed by atoms with van der Waals surface area (Å²) < 4.78 is 1.83. The highest BCUT2D eigenvalue weighted by Crippen LogP contribution is 2.34. The summed E-state index contributed by atoms with van der Waals surface area (Å²) in [4.78, 5) is 15.0. The molecule has 7 nitrogen and oxygen atoms in total. The highest BCUT2D eigenvalue weighted by atomic mass is 32.2. The molecular weight excluding hydrogens is 350 g/mol. The van der Waals surface area contributed by atoms with Crippen LogP contribution < -0.4 is 0 Å². The second-order valence-electron chi connectivity index (χ2n) is 6.90. The minimum absolute atomic E-state index is 0.0448. The summed E-state index contributed by atoms with van der Waals surface area (Å²) in [5.74, 6) is 0.713. The molecule has 1 aromatic carbocycles. The first kappa shape index (κ1) is 18.1. The molecule has 0 spiro atoms. The van der Waals surface area contributed by atoms with E-state index in [2.05, 4.69) is 48.1 Å². The van der Waals surface area contributed by atoms with Gasteiger partial charge in [-0.25, -0.2) is 0 Å². The number of hydrogen-bond donors (Lipinski definition) is 0.